The van der Waals surface area contributed by atoms with Crippen molar-refractivity contribution in [2.45, 2.75) is 25.8 Å². The van der Waals surface area contributed by atoms with Gasteiger partial charge in [-0.2, -0.15) is 0 Å². The number of piperidine rings is 1. The topological polar surface area (TPSA) is 35.5 Å². The van der Waals surface area contributed by atoms with Crippen LogP contribution in [0.1, 0.15) is 19.8 Å². The summed E-state index contributed by atoms with van der Waals surface area (Å²) < 4.78 is 0. The molecule has 0 aromatic rings. The van der Waals surface area contributed by atoms with Crippen molar-refractivity contribution in [3.05, 3.63) is 0 Å². The van der Waals surface area contributed by atoms with Crippen molar-refractivity contribution in [2.24, 2.45) is 0 Å². The molecule has 0 aliphatic carbocycles. The Morgan fingerprint density at radius 1 is 1.67 bits per heavy atom. The van der Waals surface area contributed by atoms with Crippen LogP contribution in [0.15, 0.2) is 0 Å². The molecule has 1 fully saturated rings. The van der Waals surface area contributed by atoms with Gasteiger partial charge in [-0.3, -0.25) is 0 Å². The van der Waals surface area contributed by atoms with Crippen molar-refractivity contribution in [1.82, 2.24) is 10.2 Å². The number of likely N-dealkylation sites (tertiary alicyclic amines) is 1. The molecule has 0 spiro atoms. The molecule has 0 aromatic heterocycles. The van der Waals surface area contributed by atoms with Gasteiger partial charge in [-0.1, -0.05) is 6.92 Å². The van der Waals surface area contributed by atoms with E-state index in [-0.39, 0.29) is 0 Å². The molecule has 0 bridgehead atoms. The lowest BCUT2D eigenvalue weighted by atomic mass is 10.1. The van der Waals surface area contributed by atoms with Crippen molar-refractivity contribution < 1.29 is 5.11 Å². The van der Waals surface area contributed by atoms with Crippen LogP contribution in [0.5, 0.6) is 0 Å². The van der Waals surface area contributed by atoms with Crippen LogP contribution in [0, 0.1) is 12.2 Å². The van der Waals surface area contributed by atoms with Gasteiger partial charge in [-0.05, 0) is 19.4 Å². The number of rotatable bonds is 2. The second-order valence-electron chi connectivity index (χ2n) is 3.07. The lowest BCUT2D eigenvalue weighted by Crippen LogP contribution is -2.43. The van der Waals surface area contributed by atoms with Gasteiger partial charge >= 0.3 is 0 Å². The summed E-state index contributed by atoms with van der Waals surface area (Å²) in [6.07, 6.45) is 4.33. The van der Waals surface area contributed by atoms with Gasteiger partial charge < -0.3 is 15.3 Å². The number of nitrogens with one attached hydrogen (secondary N) is 1. The fourth-order valence-electron chi connectivity index (χ4n) is 1.60. The van der Waals surface area contributed by atoms with Crippen molar-refractivity contribution in [3.63, 3.8) is 0 Å². The Morgan fingerprint density at radius 2 is 2.50 bits per heavy atom. The zero-order chi connectivity index (χ0) is 8.81. The van der Waals surface area contributed by atoms with Gasteiger partial charge in [0.1, 0.15) is 6.11 Å². The van der Waals surface area contributed by atoms with Crippen LogP contribution in [0.25, 0.3) is 0 Å². The number of hydrogen-bond acceptors (Lipinski definition) is 3. The molecule has 0 radical (unpaired) electrons. The summed E-state index contributed by atoms with van der Waals surface area (Å²) in [4.78, 5) is 1.97. The van der Waals surface area contributed by atoms with Crippen molar-refractivity contribution >= 4 is 0 Å². The van der Waals surface area contributed by atoms with E-state index in [9.17, 15) is 0 Å². The molecule has 0 saturated carbocycles. The van der Waals surface area contributed by atoms with Crippen LogP contribution in [-0.4, -0.2) is 35.7 Å². The highest BCUT2D eigenvalue weighted by Crippen LogP contribution is 2.08. The summed E-state index contributed by atoms with van der Waals surface area (Å²) in [5, 5.41) is 11.8. The molecule has 0 amide bonds. The second-order valence-corrected chi connectivity index (χ2v) is 3.07. The highest BCUT2D eigenvalue weighted by atomic mass is 16.2. The van der Waals surface area contributed by atoms with E-state index in [1.54, 1.807) is 0 Å². The van der Waals surface area contributed by atoms with E-state index in [1.807, 2.05) is 11.0 Å². The molecular weight excluding hydrogens is 152 g/mol. The lowest BCUT2D eigenvalue weighted by Gasteiger charge is -2.30. The van der Waals surface area contributed by atoms with Gasteiger partial charge in [0.15, 0.2) is 0 Å². The average Bonchev–Trinajstić information content (AvgIpc) is 2.06. The minimum Gasteiger partial charge on any atom is -0.461 e. The SMILES string of the molecule is CCNC1CCCN(C#CO)C1. The Morgan fingerprint density at radius 3 is 3.17 bits per heavy atom. The van der Waals surface area contributed by atoms with Gasteiger partial charge in [0, 0.05) is 19.1 Å². The average molecular weight is 168 g/mol. The molecule has 0 aromatic carbocycles. The molecule has 3 nitrogen and oxygen atoms in total. The van der Waals surface area contributed by atoms with Crippen LogP contribution in [0.2, 0.25) is 0 Å². The maximum Gasteiger partial charge on any atom is 0.131 e. The standard InChI is InChI=1S/C9H16N2O/c1-2-10-9-4-3-5-11(8-9)6-7-12/h9-10,12H,2-5,8H2,1H3. The monoisotopic (exact) mass is 168 g/mol. The van der Waals surface area contributed by atoms with Gasteiger partial charge in [0.25, 0.3) is 0 Å². The molecule has 1 atom stereocenters. The maximum absolute atomic E-state index is 8.41. The molecule has 1 aliphatic rings. The van der Waals surface area contributed by atoms with Crippen LogP contribution < -0.4 is 5.32 Å². The summed E-state index contributed by atoms with van der Waals surface area (Å²) in [7, 11) is 0. The fourth-order valence-corrected chi connectivity index (χ4v) is 1.60. The Kier molecular flexibility index (Phi) is 3.75. The lowest BCUT2D eigenvalue weighted by molar-refractivity contribution is 0.265. The number of likely N-dealkylation sites (N-methyl/N-ethyl adjacent to an activating group) is 1. The van der Waals surface area contributed by atoms with Crippen LogP contribution >= 0.6 is 0 Å². The molecular formula is C9H16N2O. The molecule has 1 rings (SSSR count). The molecule has 3 heteroatoms. The number of nitrogens with zero attached hydrogens (tertiary/aromatic N) is 1. The summed E-state index contributed by atoms with van der Waals surface area (Å²) in [6.45, 7) is 5.03. The zero-order valence-corrected chi connectivity index (χ0v) is 7.51. The molecule has 1 unspecified atom stereocenters. The zero-order valence-electron chi connectivity index (χ0n) is 7.51. The van der Waals surface area contributed by atoms with Crippen LogP contribution in [0.3, 0.4) is 0 Å². The number of aliphatic hydroxyl groups is 1. The Hall–Kier alpha value is -0.880. The largest absolute Gasteiger partial charge is 0.461 e. The van der Waals surface area contributed by atoms with E-state index >= 15 is 0 Å². The van der Waals surface area contributed by atoms with Gasteiger partial charge in [0.05, 0.1) is 6.04 Å². The summed E-state index contributed by atoms with van der Waals surface area (Å²) in [5.74, 6) is 0. The first-order chi connectivity index (χ1) is 5.86. The van der Waals surface area contributed by atoms with Gasteiger partial charge in [-0.15, -0.1) is 0 Å². The summed E-state index contributed by atoms with van der Waals surface area (Å²) >= 11 is 0. The smallest absolute Gasteiger partial charge is 0.131 e. The molecule has 1 aliphatic heterocycles. The first-order valence-electron chi connectivity index (χ1n) is 4.50. The van der Waals surface area contributed by atoms with Crippen LogP contribution in [0.4, 0.5) is 0 Å². The van der Waals surface area contributed by atoms with Gasteiger partial charge in [-0.25, -0.2) is 0 Å². The van der Waals surface area contributed by atoms with Crippen molar-refractivity contribution in [2.75, 3.05) is 19.6 Å². The van der Waals surface area contributed by atoms with Gasteiger partial charge in [0.2, 0.25) is 0 Å². The van der Waals surface area contributed by atoms with E-state index in [0.29, 0.717) is 6.04 Å². The third-order valence-electron chi connectivity index (χ3n) is 2.12. The highest BCUT2D eigenvalue weighted by Gasteiger charge is 2.16. The Bertz CT molecular complexity index is 181. The summed E-state index contributed by atoms with van der Waals surface area (Å²) in [6, 6.07) is 3.22. The van der Waals surface area contributed by atoms with E-state index in [4.69, 9.17) is 5.11 Å². The number of hydrogen-bond donors (Lipinski definition) is 2. The fraction of sp³-hybridized carbons (Fsp3) is 0.778. The van der Waals surface area contributed by atoms with Crippen molar-refractivity contribution in [3.8, 4) is 12.2 Å². The maximum atomic E-state index is 8.41. The minimum atomic E-state index is 0.546. The predicted molar refractivity (Wildman–Crippen MR) is 48.0 cm³/mol. The first-order valence-corrected chi connectivity index (χ1v) is 4.50. The minimum absolute atomic E-state index is 0.546. The Labute approximate surface area is 73.8 Å². The van der Waals surface area contributed by atoms with Crippen molar-refractivity contribution in [1.29, 1.82) is 0 Å². The quantitative estimate of drug-likeness (QED) is 0.584. The van der Waals surface area contributed by atoms with Crippen LogP contribution in [-0.2, 0) is 0 Å². The first kappa shape index (κ1) is 9.21. The molecule has 12 heavy (non-hydrogen) atoms. The van der Waals surface area contributed by atoms with E-state index in [0.717, 1.165) is 26.1 Å². The van der Waals surface area contributed by atoms with E-state index in [2.05, 4.69) is 18.3 Å². The molecule has 2 N–H and O–H groups in total. The highest BCUT2D eigenvalue weighted by molar-refractivity contribution is 4.94. The molecule has 1 saturated heterocycles. The predicted octanol–water partition coefficient (Wildman–Crippen LogP) is 0.351. The molecule has 1 heterocycles. The second kappa shape index (κ2) is 4.89. The van der Waals surface area contributed by atoms with E-state index in [1.165, 1.54) is 6.42 Å². The van der Waals surface area contributed by atoms with E-state index < -0.39 is 0 Å². The normalized spacial score (nSPS) is 23.1. The number of aliphatic hydroxyl groups excluding tert-OH is 1. The third kappa shape index (κ3) is 2.63. The Balaban J connectivity index is 2.33. The summed E-state index contributed by atoms with van der Waals surface area (Å²) in [5.41, 5.74) is 0. The molecule has 68 valence electrons. The third-order valence-corrected chi connectivity index (χ3v) is 2.12.